The number of unbranched alkanes of at least 4 members (excludes halogenated alkanes) is 1. The van der Waals surface area contributed by atoms with Crippen molar-refractivity contribution in [2.75, 3.05) is 26.3 Å². The van der Waals surface area contributed by atoms with E-state index in [1.807, 2.05) is 24.3 Å². The SMILES string of the molecule is CCC=CCC=CCC=CCC=CCC=CCCCC(=O)NCCOCCNC(=O)C/C=C/c1cccnc1. The molecule has 1 rings (SSSR count). The molecule has 2 amide bonds. The van der Waals surface area contributed by atoms with Crippen LogP contribution >= 0.6 is 0 Å². The summed E-state index contributed by atoms with van der Waals surface area (Å²) >= 11 is 0. The first-order valence-corrected chi connectivity index (χ1v) is 14.1. The van der Waals surface area contributed by atoms with Gasteiger partial charge in [0.2, 0.25) is 11.8 Å². The topological polar surface area (TPSA) is 80.3 Å². The number of ether oxygens (including phenoxy) is 1. The van der Waals surface area contributed by atoms with Gasteiger partial charge in [0.15, 0.2) is 0 Å². The molecule has 1 aromatic heterocycles. The van der Waals surface area contributed by atoms with E-state index in [1.54, 1.807) is 12.4 Å². The van der Waals surface area contributed by atoms with Gasteiger partial charge in [-0.25, -0.2) is 0 Å². The predicted octanol–water partition coefficient (Wildman–Crippen LogP) is 6.66. The van der Waals surface area contributed by atoms with Gasteiger partial charge in [-0.2, -0.15) is 0 Å². The minimum atomic E-state index is -0.0560. The van der Waals surface area contributed by atoms with Crippen molar-refractivity contribution in [1.29, 1.82) is 0 Å². The monoisotopic (exact) mass is 533 g/mol. The second-order valence-corrected chi connectivity index (χ2v) is 8.81. The maximum absolute atomic E-state index is 11.9. The van der Waals surface area contributed by atoms with Gasteiger partial charge in [-0.3, -0.25) is 14.6 Å². The first kappa shape index (κ1) is 33.5. The summed E-state index contributed by atoms with van der Waals surface area (Å²) in [6, 6.07) is 3.79. The summed E-state index contributed by atoms with van der Waals surface area (Å²) < 4.78 is 5.46. The Labute approximate surface area is 235 Å². The zero-order valence-electron chi connectivity index (χ0n) is 23.6. The molecule has 1 aromatic rings. The number of allylic oxidation sites excluding steroid dienone is 10. The van der Waals surface area contributed by atoms with Crippen LogP contribution in [0.15, 0.2) is 91.4 Å². The highest BCUT2D eigenvalue weighted by atomic mass is 16.5. The lowest BCUT2D eigenvalue weighted by molar-refractivity contribution is -0.121. The molecule has 0 aliphatic carbocycles. The zero-order valence-corrected chi connectivity index (χ0v) is 23.6. The number of rotatable bonds is 22. The van der Waals surface area contributed by atoms with E-state index in [-0.39, 0.29) is 11.8 Å². The Balaban J connectivity index is 1.89. The Kier molecular flexibility index (Phi) is 22.4. The minimum absolute atomic E-state index is 0.0414. The Hall–Kier alpha value is -3.51. The number of hydrogen-bond acceptors (Lipinski definition) is 4. The zero-order chi connectivity index (χ0) is 28.1. The number of pyridine rings is 1. The number of carbonyl (C=O) groups excluding carboxylic acids is 2. The number of carbonyl (C=O) groups is 2. The molecular formula is C33H47N3O3. The third-order valence-electron chi connectivity index (χ3n) is 5.37. The van der Waals surface area contributed by atoms with E-state index in [4.69, 9.17) is 4.74 Å². The number of nitrogens with one attached hydrogen (secondary N) is 2. The van der Waals surface area contributed by atoms with Crippen LogP contribution in [0.2, 0.25) is 0 Å². The Bertz CT molecular complexity index is 931. The molecule has 1 heterocycles. The van der Waals surface area contributed by atoms with E-state index >= 15 is 0 Å². The number of aromatic nitrogens is 1. The maximum atomic E-state index is 11.9. The Morgan fingerprint density at radius 3 is 1.97 bits per heavy atom. The maximum Gasteiger partial charge on any atom is 0.223 e. The van der Waals surface area contributed by atoms with Crippen molar-refractivity contribution in [3.05, 3.63) is 96.9 Å². The lowest BCUT2D eigenvalue weighted by Crippen LogP contribution is -2.29. The average molecular weight is 534 g/mol. The fourth-order valence-corrected chi connectivity index (χ4v) is 3.31. The van der Waals surface area contributed by atoms with E-state index in [2.05, 4.69) is 83.3 Å². The molecule has 0 aromatic carbocycles. The predicted molar refractivity (Wildman–Crippen MR) is 163 cm³/mol. The Morgan fingerprint density at radius 2 is 1.38 bits per heavy atom. The molecule has 0 fully saturated rings. The fraction of sp³-hybridized carbons (Fsp3) is 0.424. The van der Waals surface area contributed by atoms with Gasteiger partial charge in [-0.15, -0.1) is 0 Å². The molecule has 0 saturated heterocycles. The van der Waals surface area contributed by atoms with Gasteiger partial charge in [0, 0.05) is 38.3 Å². The van der Waals surface area contributed by atoms with Crippen molar-refractivity contribution in [1.82, 2.24) is 15.6 Å². The van der Waals surface area contributed by atoms with E-state index in [9.17, 15) is 9.59 Å². The van der Waals surface area contributed by atoms with Crippen molar-refractivity contribution >= 4 is 17.9 Å². The van der Waals surface area contributed by atoms with E-state index in [0.717, 1.165) is 50.5 Å². The molecule has 6 nitrogen and oxygen atoms in total. The van der Waals surface area contributed by atoms with E-state index in [1.165, 1.54) is 0 Å². The third kappa shape index (κ3) is 23.3. The van der Waals surface area contributed by atoms with Crippen LogP contribution in [0.25, 0.3) is 6.08 Å². The van der Waals surface area contributed by atoms with E-state index in [0.29, 0.717) is 39.1 Å². The molecule has 0 spiro atoms. The van der Waals surface area contributed by atoms with E-state index < -0.39 is 0 Å². The molecule has 2 N–H and O–H groups in total. The van der Waals surface area contributed by atoms with Crippen LogP contribution in [0.3, 0.4) is 0 Å². The summed E-state index contributed by atoms with van der Waals surface area (Å²) in [5.41, 5.74) is 0.963. The van der Waals surface area contributed by atoms with Gasteiger partial charge in [-0.05, 0) is 56.6 Å². The molecule has 0 unspecified atom stereocenters. The minimum Gasteiger partial charge on any atom is -0.378 e. The summed E-state index contributed by atoms with van der Waals surface area (Å²) in [5.74, 6) is -0.0146. The van der Waals surface area contributed by atoms with Gasteiger partial charge >= 0.3 is 0 Å². The molecule has 0 bridgehead atoms. The highest BCUT2D eigenvalue weighted by molar-refractivity contribution is 5.78. The standard InChI is InChI=1S/C33H47N3O3/c1-2-3-4-5-6-7-8-9-10-11-12-13-14-15-16-17-18-23-32(37)35-26-28-39-29-27-36-33(38)24-19-21-31-22-20-25-34-30-31/h3-4,6-7,9-10,12-13,15-16,19-22,25,30H,2,5,8,11,14,17-18,23-24,26-29H2,1H3,(H,35,37)(H,36,38)/b4-3?,7-6?,10-9?,13-12?,16-15?,21-19+. The van der Waals surface area contributed by atoms with Gasteiger partial charge in [-0.1, -0.05) is 85.9 Å². The van der Waals surface area contributed by atoms with Crippen LogP contribution in [0.1, 0.15) is 70.3 Å². The van der Waals surface area contributed by atoms with Crippen LogP contribution in [-0.2, 0) is 14.3 Å². The Morgan fingerprint density at radius 1 is 0.795 bits per heavy atom. The van der Waals surface area contributed by atoms with Crippen LogP contribution < -0.4 is 10.6 Å². The van der Waals surface area contributed by atoms with Crippen LogP contribution in [0, 0.1) is 0 Å². The smallest absolute Gasteiger partial charge is 0.223 e. The normalized spacial score (nSPS) is 12.2. The first-order chi connectivity index (χ1) is 19.2. The summed E-state index contributed by atoms with van der Waals surface area (Å²) in [6.45, 7) is 3.91. The summed E-state index contributed by atoms with van der Waals surface area (Å²) in [6.07, 6.45) is 36.5. The molecule has 0 aliphatic heterocycles. The van der Waals surface area contributed by atoms with Crippen LogP contribution in [-0.4, -0.2) is 43.1 Å². The van der Waals surface area contributed by atoms with Gasteiger partial charge < -0.3 is 15.4 Å². The summed E-state index contributed by atoms with van der Waals surface area (Å²) in [7, 11) is 0. The number of hydrogen-bond donors (Lipinski definition) is 2. The van der Waals surface area contributed by atoms with Crippen LogP contribution in [0.5, 0.6) is 0 Å². The van der Waals surface area contributed by atoms with Gasteiger partial charge in [0.25, 0.3) is 0 Å². The average Bonchev–Trinajstić information content (AvgIpc) is 2.94. The lowest BCUT2D eigenvalue weighted by Gasteiger charge is -2.07. The van der Waals surface area contributed by atoms with Crippen molar-refractivity contribution in [2.45, 2.75) is 64.7 Å². The summed E-state index contributed by atoms with van der Waals surface area (Å²) in [5, 5.41) is 5.67. The highest BCUT2D eigenvalue weighted by Crippen LogP contribution is 2.00. The van der Waals surface area contributed by atoms with Crippen molar-refractivity contribution in [3.63, 3.8) is 0 Å². The molecule has 0 atom stereocenters. The van der Waals surface area contributed by atoms with Gasteiger partial charge in [0.05, 0.1) is 13.2 Å². The molecule has 39 heavy (non-hydrogen) atoms. The molecule has 0 saturated carbocycles. The van der Waals surface area contributed by atoms with Crippen LogP contribution in [0.4, 0.5) is 0 Å². The molecule has 6 heteroatoms. The first-order valence-electron chi connectivity index (χ1n) is 14.1. The number of nitrogens with zero attached hydrogens (tertiary/aromatic N) is 1. The number of amides is 2. The van der Waals surface area contributed by atoms with Crippen molar-refractivity contribution in [2.24, 2.45) is 0 Å². The molecule has 0 radical (unpaired) electrons. The molecule has 212 valence electrons. The quantitative estimate of drug-likeness (QED) is 0.129. The molecule has 0 aliphatic rings. The van der Waals surface area contributed by atoms with Crippen molar-refractivity contribution < 1.29 is 14.3 Å². The third-order valence-corrected chi connectivity index (χ3v) is 5.37. The summed E-state index contributed by atoms with van der Waals surface area (Å²) in [4.78, 5) is 27.7. The lowest BCUT2D eigenvalue weighted by atomic mass is 10.2. The van der Waals surface area contributed by atoms with Crippen molar-refractivity contribution in [3.8, 4) is 0 Å². The largest absolute Gasteiger partial charge is 0.378 e. The molecular weight excluding hydrogens is 486 g/mol. The second-order valence-electron chi connectivity index (χ2n) is 8.81. The van der Waals surface area contributed by atoms with Gasteiger partial charge in [0.1, 0.15) is 0 Å². The fourth-order valence-electron chi connectivity index (χ4n) is 3.31. The highest BCUT2D eigenvalue weighted by Gasteiger charge is 2.00. The second kappa shape index (κ2) is 26.1.